The summed E-state index contributed by atoms with van der Waals surface area (Å²) in [7, 11) is 0. The summed E-state index contributed by atoms with van der Waals surface area (Å²) in [5, 5.41) is 0. The molecule has 0 N–H and O–H groups in total. The fourth-order valence-electron chi connectivity index (χ4n) is 1.53. The van der Waals surface area contributed by atoms with E-state index in [4.69, 9.17) is 0 Å². The number of pyridine rings is 1. The Morgan fingerprint density at radius 1 is 1.12 bits per heavy atom. The molecule has 0 bridgehead atoms. The van der Waals surface area contributed by atoms with Gasteiger partial charge in [0.05, 0.1) is 0 Å². The van der Waals surface area contributed by atoms with Gasteiger partial charge in [-0.25, -0.2) is 0 Å². The monoisotopic (exact) mass is 211 g/mol. The Hall–Kier alpha value is -1.96. The zero-order chi connectivity index (χ0) is 11.4. The van der Waals surface area contributed by atoms with Crippen LogP contribution in [0.4, 0.5) is 0 Å². The molecule has 0 aliphatic rings. The van der Waals surface area contributed by atoms with Crippen LogP contribution in [0.15, 0.2) is 42.6 Å². The lowest BCUT2D eigenvalue weighted by atomic mass is 10.1. The molecule has 16 heavy (non-hydrogen) atoms. The van der Waals surface area contributed by atoms with E-state index in [2.05, 4.69) is 36.2 Å². The quantitative estimate of drug-likeness (QED) is 0.731. The van der Waals surface area contributed by atoms with Crippen molar-refractivity contribution >= 4 is 6.29 Å². The van der Waals surface area contributed by atoms with E-state index in [9.17, 15) is 4.79 Å². The lowest BCUT2D eigenvalue weighted by molar-refractivity contribution is 0.112. The Bertz CT molecular complexity index is 471. The summed E-state index contributed by atoms with van der Waals surface area (Å²) in [6, 6.07) is 12.1. The number of hydrogen-bond acceptors (Lipinski definition) is 2. The van der Waals surface area contributed by atoms with E-state index < -0.39 is 0 Å². The summed E-state index contributed by atoms with van der Waals surface area (Å²) in [6.07, 6.45) is 3.22. The summed E-state index contributed by atoms with van der Waals surface area (Å²) in [5.74, 6) is 0. The maximum absolute atomic E-state index is 10.5. The van der Waals surface area contributed by atoms with Crippen LogP contribution >= 0.6 is 0 Å². The summed E-state index contributed by atoms with van der Waals surface area (Å²) < 4.78 is 0. The molecule has 2 heteroatoms. The molecule has 0 atom stereocenters. The number of aromatic nitrogens is 1. The van der Waals surface area contributed by atoms with Crippen molar-refractivity contribution in [2.24, 2.45) is 0 Å². The van der Waals surface area contributed by atoms with Crippen LogP contribution in [-0.2, 0) is 6.42 Å². The second-order valence-corrected chi connectivity index (χ2v) is 3.86. The number of rotatable bonds is 3. The first-order chi connectivity index (χ1) is 7.78. The SMILES string of the molecule is Cc1ccc(Cc2ccc(C=O)cn2)cc1. The van der Waals surface area contributed by atoms with Crippen molar-refractivity contribution in [3.05, 3.63) is 65.0 Å². The highest BCUT2D eigenvalue weighted by atomic mass is 16.1. The molecule has 2 nitrogen and oxygen atoms in total. The lowest BCUT2D eigenvalue weighted by Gasteiger charge is -2.01. The van der Waals surface area contributed by atoms with E-state index in [0.717, 1.165) is 18.4 Å². The van der Waals surface area contributed by atoms with Gasteiger partial charge in [-0.1, -0.05) is 29.8 Å². The first kappa shape index (κ1) is 10.6. The molecular formula is C14H13NO. The van der Waals surface area contributed by atoms with Gasteiger partial charge in [0, 0.05) is 23.9 Å². The molecule has 2 aromatic rings. The number of aryl methyl sites for hydroxylation is 1. The number of carbonyl (C=O) groups excluding carboxylic acids is 1. The van der Waals surface area contributed by atoms with Crippen LogP contribution in [0, 0.1) is 6.92 Å². The Kier molecular flexibility index (Phi) is 3.10. The van der Waals surface area contributed by atoms with Crippen molar-refractivity contribution < 1.29 is 4.79 Å². The molecule has 0 amide bonds. The highest BCUT2D eigenvalue weighted by Crippen LogP contribution is 2.09. The molecule has 0 unspecified atom stereocenters. The van der Waals surface area contributed by atoms with Crippen LogP contribution in [-0.4, -0.2) is 11.3 Å². The van der Waals surface area contributed by atoms with Gasteiger partial charge in [-0.2, -0.15) is 0 Å². The highest BCUT2D eigenvalue weighted by molar-refractivity contribution is 5.73. The highest BCUT2D eigenvalue weighted by Gasteiger charge is 1.98. The smallest absolute Gasteiger partial charge is 0.151 e. The van der Waals surface area contributed by atoms with Gasteiger partial charge in [0.25, 0.3) is 0 Å². The average molecular weight is 211 g/mol. The molecule has 0 radical (unpaired) electrons. The third-order valence-corrected chi connectivity index (χ3v) is 2.49. The van der Waals surface area contributed by atoms with Crippen LogP contribution < -0.4 is 0 Å². The van der Waals surface area contributed by atoms with Crippen LogP contribution in [0.5, 0.6) is 0 Å². The summed E-state index contributed by atoms with van der Waals surface area (Å²) in [5.41, 5.74) is 4.09. The van der Waals surface area contributed by atoms with Crippen LogP contribution in [0.25, 0.3) is 0 Å². The number of carbonyl (C=O) groups is 1. The van der Waals surface area contributed by atoms with Gasteiger partial charge < -0.3 is 0 Å². The first-order valence-electron chi connectivity index (χ1n) is 5.23. The number of hydrogen-bond donors (Lipinski definition) is 0. The Morgan fingerprint density at radius 2 is 1.88 bits per heavy atom. The fraction of sp³-hybridized carbons (Fsp3) is 0.143. The molecule has 1 aromatic heterocycles. The molecule has 80 valence electrons. The molecule has 2 rings (SSSR count). The molecule has 0 aliphatic carbocycles. The van der Waals surface area contributed by atoms with Crippen molar-refractivity contribution in [1.29, 1.82) is 0 Å². The zero-order valence-electron chi connectivity index (χ0n) is 9.18. The van der Waals surface area contributed by atoms with Crippen molar-refractivity contribution in [3.63, 3.8) is 0 Å². The van der Waals surface area contributed by atoms with Crippen LogP contribution in [0.1, 0.15) is 27.2 Å². The van der Waals surface area contributed by atoms with Gasteiger partial charge in [-0.3, -0.25) is 9.78 Å². The third kappa shape index (κ3) is 2.54. The maximum atomic E-state index is 10.5. The molecule has 0 fully saturated rings. The average Bonchev–Trinajstić information content (AvgIpc) is 2.33. The van der Waals surface area contributed by atoms with Gasteiger partial charge in [0.15, 0.2) is 6.29 Å². The summed E-state index contributed by atoms with van der Waals surface area (Å²) in [6.45, 7) is 2.07. The molecule has 1 aromatic carbocycles. The standard InChI is InChI=1S/C14H13NO/c1-11-2-4-12(5-3-11)8-14-7-6-13(10-16)9-15-14/h2-7,9-10H,8H2,1H3. The normalized spacial score (nSPS) is 10.1. The van der Waals surface area contributed by atoms with Crippen molar-refractivity contribution in [2.45, 2.75) is 13.3 Å². The van der Waals surface area contributed by atoms with Crippen molar-refractivity contribution in [1.82, 2.24) is 4.98 Å². The van der Waals surface area contributed by atoms with Crippen molar-refractivity contribution in [3.8, 4) is 0 Å². The van der Waals surface area contributed by atoms with Crippen LogP contribution in [0.3, 0.4) is 0 Å². The molecule has 1 heterocycles. The predicted octanol–water partition coefficient (Wildman–Crippen LogP) is 2.79. The minimum atomic E-state index is 0.618. The van der Waals surface area contributed by atoms with Gasteiger partial charge >= 0.3 is 0 Å². The minimum absolute atomic E-state index is 0.618. The van der Waals surface area contributed by atoms with Crippen LogP contribution in [0.2, 0.25) is 0 Å². The third-order valence-electron chi connectivity index (χ3n) is 2.49. The van der Waals surface area contributed by atoms with E-state index in [1.54, 1.807) is 12.3 Å². The van der Waals surface area contributed by atoms with Gasteiger partial charge in [0.1, 0.15) is 0 Å². The molecule has 0 spiro atoms. The Labute approximate surface area is 95.0 Å². The van der Waals surface area contributed by atoms with E-state index in [1.807, 2.05) is 6.07 Å². The second-order valence-electron chi connectivity index (χ2n) is 3.86. The molecule has 0 saturated heterocycles. The van der Waals surface area contributed by atoms with Crippen molar-refractivity contribution in [2.75, 3.05) is 0 Å². The van der Waals surface area contributed by atoms with Gasteiger partial charge in [-0.15, -0.1) is 0 Å². The summed E-state index contributed by atoms with van der Waals surface area (Å²) in [4.78, 5) is 14.7. The first-order valence-corrected chi connectivity index (χ1v) is 5.23. The predicted molar refractivity (Wildman–Crippen MR) is 63.6 cm³/mol. The topological polar surface area (TPSA) is 30.0 Å². The summed E-state index contributed by atoms with van der Waals surface area (Å²) >= 11 is 0. The van der Waals surface area contributed by atoms with E-state index in [-0.39, 0.29) is 0 Å². The lowest BCUT2D eigenvalue weighted by Crippen LogP contribution is -1.93. The Morgan fingerprint density at radius 3 is 2.44 bits per heavy atom. The van der Waals surface area contributed by atoms with Gasteiger partial charge in [-0.05, 0) is 24.6 Å². The zero-order valence-corrected chi connectivity index (χ0v) is 9.18. The van der Waals surface area contributed by atoms with E-state index in [0.29, 0.717) is 5.56 Å². The van der Waals surface area contributed by atoms with Gasteiger partial charge in [0.2, 0.25) is 0 Å². The number of benzene rings is 1. The Balaban J connectivity index is 2.14. The fourth-order valence-corrected chi connectivity index (χ4v) is 1.53. The number of aldehydes is 1. The largest absolute Gasteiger partial charge is 0.298 e. The van der Waals surface area contributed by atoms with E-state index in [1.165, 1.54) is 11.1 Å². The minimum Gasteiger partial charge on any atom is -0.298 e. The molecular weight excluding hydrogens is 198 g/mol. The maximum Gasteiger partial charge on any atom is 0.151 e. The van der Waals surface area contributed by atoms with E-state index >= 15 is 0 Å². The number of nitrogens with zero attached hydrogens (tertiary/aromatic N) is 1. The second kappa shape index (κ2) is 4.71. The molecule has 0 saturated carbocycles. The molecule has 0 aliphatic heterocycles.